The molecule has 90 valence electrons. The number of nitrogens with zero attached hydrogens (tertiary/aromatic N) is 1. The second-order valence-electron chi connectivity index (χ2n) is 5.85. The molecule has 3 aliphatic rings. The number of aryl methyl sites for hydroxylation is 1. The minimum Gasteiger partial charge on any atom is -0.357 e. The molecule has 3 heterocycles. The van der Waals surface area contributed by atoms with Crippen molar-refractivity contribution in [1.29, 1.82) is 0 Å². The van der Waals surface area contributed by atoms with Crippen molar-refractivity contribution >= 4 is 5.69 Å². The van der Waals surface area contributed by atoms with Gasteiger partial charge in [0.1, 0.15) is 6.23 Å². The van der Waals surface area contributed by atoms with E-state index in [9.17, 15) is 0 Å². The first-order chi connectivity index (χ1) is 8.31. The first-order valence-electron chi connectivity index (χ1n) is 6.81. The standard InChI is InChI=1S/C15H19NO/c1-15-8-10-17-14(15)16-9-3-2-5-11-6-4-7-12(15)13(11)16/h4,6-7,14H,2-3,5,8-10H2,1H3. The monoisotopic (exact) mass is 229 g/mol. The zero-order chi connectivity index (χ0) is 11.5. The Morgan fingerprint density at radius 1 is 1.35 bits per heavy atom. The first-order valence-corrected chi connectivity index (χ1v) is 6.81. The summed E-state index contributed by atoms with van der Waals surface area (Å²) in [7, 11) is 0. The topological polar surface area (TPSA) is 12.5 Å². The molecule has 1 aromatic carbocycles. The van der Waals surface area contributed by atoms with Crippen LogP contribution in [-0.2, 0) is 16.6 Å². The van der Waals surface area contributed by atoms with E-state index in [2.05, 4.69) is 30.0 Å². The smallest absolute Gasteiger partial charge is 0.139 e. The molecule has 0 N–H and O–H groups in total. The average Bonchev–Trinajstić information content (AvgIpc) is 2.72. The zero-order valence-corrected chi connectivity index (χ0v) is 10.4. The van der Waals surface area contributed by atoms with E-state index in [1.165, 1.54) is 37.9 Å². The van der Waals surface area contributed by atoms with E-state index in [4.69, 9.17) is 4.74 Å². The van der Waals surface area contributed by atoms with E-state index < -0.39 is 0 Å². The van der Waals surface area contributed by atoms with Crippen LogP contribution in [0.25, 0.3) is 0 Å². The van der Waals surface area contributed by atoms with E-state index in [1.54, 1.807) is 11.1 Å². The van der Waals surface area contributed by atoms with Crippen molar-refractivity contribution in [2.75, 3.05) is 18.1 Å². The van der Waals surface area contributed by atoms with Gasteiger partial charge in [-0.1, -0.05) is 25.1 Å². The second kappa shape index (κ2) is 3.26. The van der Waals surface area contributed by atoms with E-state index in [-0.39, 0.29) is 5.41 Å². The molecule has 4 rings (SSSR count). The molecule has 0 aliphatic carbocycles. The molecular formula is C15H19NO. The fourth-order valence-corrected chi connectivity index (χ4v) is 3.93. The zero-order valence-electron chi connectivity index (χ0n) is 10.4. The predicted molar refractivity (Wildman–Crippen MR) is 68.4 cm³/mol. The lowest BCUT2D eigenvalue weighted by Crippen LogP contribution is -2.40. The van der Waals surface area contributed by atoms with Gasteiger partial charge in [0.15, 0.2) is 0 Å². The van der Waals surface area contributed by atoms with E-state index in [0.717, 1.165) is 6.61 Å². The maximum atomic E-state index is 6.04. The van der Waals surface area contributed by atoms with Gasteiger partial charge in [-0.3, -0.25) is 0 Å². The lowest BCUT2D eigenvalue weighted by Gasteiger charge is -2.29. The Bertz CT molecular complexity index is 470. The molecule has 1 saturated heterocycles. The molecule has 0 aromatic heterocycles. The third kappa shape index (κ3) is 1.14. The predicted octanol–water partition coefficient (Wildman–Crippen LogP) is 2.85. The van der Waals surface area contributed by atoms with Crippen LogP contribution >= 0.6 is 0 Å². The molecule has 1 fully saturated rings. The highest BCUT2D eigenvalue weighted by Crippen LogP contribution is 2.52. The molecule has 0 bridgehead atoms. The summed E-state index contributed by atoms with van der Waals surface area (Å²) in [5, 5.41) is 0. The van der Waals surface area contributed by atoms with Gasteiger partial charge in [-0.25, -0.2) is 0 Å². The minimum atomic E-state index is 0.239. The number of fused-ring (bicyclic) bond motifs is 3. The SMILES string of the molecule is CC12CCOC1N1CCCCc3cccc2c31. The summed E-state index contributed by atoms with van der Waals surface area (Å²) >= 11 is 0. The van der Waals surface area contributed by atoms with Crippen LogP contribution in [0.4, 0.5) is 5.69 Å². The Labute approximate surface area is 103 Å². The van der Waals surface area contributed by atoms with Crippen LogP contribution in [-0.4, -0.2) is 19.4 Å². The van der Waals surface area contributed by atoms with Gasteiger partial charge in [0, 0.05) is 17.6 Å². The molecule has 2 atom stereocenters. The fraction of sp³-hybridized carbons (Fsp3) is 0.600. The third-order valence-corrected chi connectivity index (χ3v) is 4.84. The summed E-state index contributed by atoms with van der Waals surface area (Å²) in [6, 6.07) is 6.87. The van der Waals surface area contributed by atoms with Crippen LogP contribution in [0.5, 0.6) is 0 Å². The molecule has 0 radical (unpaired) electrons. The molecule has 2 unspecified atom stereocenters. The highest BCUT2D eigenvalue weighted by Gasteiger charge is 2.52. The van der Waals surface area contributed by atoms with Crippen LogP contribution in [0.3, 0.4) is 0 Å². The number of ether oxygens (including phenoxy) is 1. The summed E-state index contributed by atoms with van der Waals surface area (Å²) in [4.78, 5) is 2.55. The van der Waals surface area contributed by atoms with Crippen molar-refractivity contribution in [3.63, 3.8) is 0 Å². The van der Waals surface area contributed by atoms with Crippen molar-refractivity contribution in [3.05, 3.63) is 29.3 Å². The number of anilines is 1. The van der Waals surface area contributed by atoms with Crippen LogP contribution in [0, 0.1) is 0 Å². The molecule has 17 heavy (non-hydrogen) atoms. The summed E-state index contributed by atoms with van der Waals surface area (Å²) in [5.74, 6) is 0. The van der Waals surface area contributed by atoms with Crippen molar-refractivity contribution in [2.45, 2.75) is 44.2 Å². The van der Waals surface area contributed by atoms with Gasteiger partial charge in [0.2, 0.25) is 0 Å². The normalized spacial score (nSPS) is 34.4. The number of rotatable bonds is 0. The number of para-hydroxylation sites is 1. The summed E-state index contributed by atoms with van der Waals surface area (Å²) in [6.07, 6.45) is 5.32. The number of hydrogen-bond acceptors (Lipinski definition) is 2. The molecule has 3 aliphatic heterocycles. The second-order valence-corrected chi connectivity index (χ2v) is 5.85. The number of hydrogen-bond donors (Lipinski definition) is 0. The Kier molecular flexibility index (Phi) is 1.91. The highest BCUT2D eigenvalue weighted by molar-refractivity contribution is 5.68. The Hall–Kier alpha value is -1.02. The molecule has 1 aromatic rings. The Morgan fingerprint density at radius 3 is 3.24 bits per heavy atom. The van der Waals surface area contributed by atoms with Crippen molar-refractivity contribution in [1.82, 2.24) is 0 Å². The van der Waals surface area contributed by atoms with Crippen molar-refractivity contribution < 1.29 is 4.74 Å². The molecule has 2 heteroatoms. The quantitative estimate of drug-likeness (QED) is 0.678. The van der Waals surface area contributed by atoms with E-state index >= 15 is 0 Å². The largest absolute Gasteiger partial charge is 0.357 e. The average molecular weight is 229 g/mol. The lowest BCUT2D eigenvalue weighted by atomic mass is 9.81. The maximum Gasteiger partial charge on any atom is 0.139 e. The fourth-order valence-electron chi connectivity index (χ4n) is 3.93. The maximum absolute atomic E-state index is 6.04. The van der Waals surface area contributed by atoms with E-state index in [1.807, 2.05) is 0 Å². The van der Waals surface area contributed by atoms with Gasteiger partial charge in [0.05, 0.1) is 6.61 Å². The molecule has 0 amide bonds. The number of benzene rings is 1. The summed E-state index contributed by atoms with van der Waals surface area (Å²) in [6.45, 7) is 4.47. The van der Waals surface area contributed by atoms with Crippen molar-refractivity contribution in [3.8, 4) is 0 Å². The van der Waals surface area contributed by atoms with Gasteiger partial charge in [0.25, 0.3) is 0 Å². The molecule has 2 nitrogen and oxygen atoms in total. The van der Waals surface area contributed by atoms with Gasteiger partial charge >= 0.3 is 0 Å². The molecular weight excluding hydrogens is 210 g/mol. The van der Waals surface area contributed by atoms with Crippen molar-refractivity contribution in [2.24, 2.45) is 0 Å². The van der Waals surface area contributed by atoms with Gasteiger partial charge in [-0.2, -0.15) is 0 Å². The van der Waals surface area contributed by atoms with Gasteiger partial charge in [-0.05, 0) is 36.8 Å². The van der Waals surface area contributed by atoms with Crippen LogP contribution < -0.4 is 4.90 Å². The Balaban J connectivity index is 1.97. The van der Waals surface area contributed by atoms with Crippen LogP contribution in [0.1, 0.15) is 37.3 Å². The molecule has 0 saturated carbocycles. The summed E-state index contributed by atoms with van der Waals surface area (Å²) in [5.41, 5.74) is 4.83. The Morgan fingerprint density at radius 2 is 2.29 bits per heavy atom. The lowest BCUT2D eigenvalue weighted by molar-refractivity contribution is 0.0879. The van der Waals surface area contributed by atoms with Crippen LogP contribution in [0.2, 0.25) is 0 Å². The summed E-state index contributed by atoms with van der Waals surface area (Å²) < 4.78 is 6.04. The van der Waals surface area contributed by atoms with E-state index in [0.29, 0.717) is 6.23 Å². The first kappa shape index (κ1) is 9.95. The highest BCUT2D eigenvalue weighted by atomic mass is 16.5. The van der Waals surface area contributed by atoms with Gasteiger partial charge < -0.3 is 9.64 Å². The molecule has 0 spiro atoms. The van der Waals surface area contributed by atoms with Gasteiger partial charge in [-0.15, -0.1) is 0 Å². The van der Waals surface area contributed by atoms with Crippen LogP contribution in [0.15, 0.2) is 18.2 Å². The minimum absolute atomic E-state index is 0.239. The third-order valence-electron chi connectivity index (χ3n) is 4.84.